The zero-order valence-electron chi connectivity index (χ0n) is 11.1. The summed E-state index contributed by atoms with van der Waals surface area (Å²) in [7, 11) is -0.166. The van der Waals surface area contributed by atoms with Crippen LogP contribution in [0.15, 0.2) is 18.3 Å². The maximum Gasteiger partial charge on any atom is 0.281 e. The van der Waals surface area contributed by atoms with Crippen molar-refractivity contribution in [2.75, 3.05) is 27.2 Å². The van der Waals surface area contributed by atoms with Crippen molar-refractivity contribution in [1.82, 2.24) is 13.6 Å². The highest BCUT2D eigenvalue weighted by atomic mass is 35.5. The summed E-state index contributed by atoms with van der Waals surface area (Å²) < 4.78 is 26.8. The molecule has 1 saturated heterocycles. The molecule has 0 atom stereocenters. The molecule has 0 N–H and O–H groups in total. The predicted octanol–water partition coefficient (Wildman–Crippen LogP) is 1.72. The molecule has 1 fully saturated rings. The van der Waals surface area contributed by atoms with Gasteiger partial charge in [-0.05, 0) is 36.5 Å². The van der Waals surface area contributed by atoms with Gasteiger partial charge in [0.05, 0.1) is 0 Å². The smallest absolute Gasteiger partial charge is 0.245 e. The zero-order valence-corrected chi connectivity index (χ0v) is 12.7. The number of aromatic nitrogens is 1. The molecule has 7 heteroatoms. The average molecular weight is 304 g/mol. The van der Waals surface area contributed by atoms with Gasteiger partial charge in [0, 0.05) is 33.4 Å². The van der Waals surface area contributed by atoms with Gasteiger partial charge >= 0.3 is 0 Å². The third-order valence-corrected chi connectivity index (χ3v) is 5.61. The highest BCUT2D eigenvalue weighted by Crippen LogP contribution is 2.30. The van der Waals surface area contributed by atoms with Gasteiger partial charge in [0.1, 0.15) is 5.15 Å². The second-order valence-electron chi connectivity index (χ2n) is 4.88. The van der Waals surface area contributed by atoms with E-state index in [1.165, 1.54) is 8.61 Å². The van der Waals surface area contributed by atoms with Gasteiger partial charge in [-0.25, -0.2) is 4.98 Å². The van der Waals surface area contributed by atoms with Gasteiger partial charge in [-0.3, -0.25) is 0 Å². The van der Waals surface area contributed by atoms with Gasteiger partial charge in [-0.15, -0.1) is 0 Å². The van der Waals surface area contributed by atoms with Crippen molar-refractivity contribution in [3.05, 3.63) is 29.0 Å². The van der Waals surface area contributed by atoms with E-state index in [4.69, 9.17) is 11.6 Å². The number of rotatable bonds is 3. The highest BCUT2D eigenvalue weighted by molar-refractivity contribution is 7.86. The van der Waals surface area contributed by atoms with E-state index in [9.17, 15) is 8.42 Å². The Bertz CT molecular complexity index is 540. The Morgan fingerprint density at radius 3 is 2.53 bits per heavy atom. The fourth-order valence-electron chi connectivity index (χ4n) is 2.32. The number of halogens is 1. The van der Waals surface area contributed by atoms with Crippen LogP contribution in [0.1, 0.15) is 24.3 Å². The molecule has 5 nitrogen and oxygen atoms in total. The lowest BCUT2D eigenvalue weighted by Gasteiger charge is -2.32. The molecule has 2 rings (SSSR count). The van der Waals surface area contributed by atoms with Crippen molar-refractivity contribution in [2.45, 2.75) is 18.8 Å². The Hall–Kier alpha value is -0.690. The Balaban J connectivity index is 2.04. The van der Waals surface area contributed by atoms with E-state index in [-0.39, 0.29) is 0 Å². The first kappa shape index (κ1) is 14.7. The molecular weight excluding hydrogens is 286 g/mol. The summed E-state index contributed by atoms with van der Waals surface area (Å²) in [6.45, 7) is 1.09. The summed E-state index contributed by atoms with van der Waals surface area (Å²) in [5.41, 5.74) is 1.14. The second kappa shape index (κ2) is 5.75. The number of hydrogen-bond donors (Lipinski definition) is 0. The lowest BCUT2D eigenvalue weighted by Crippen LogP contribution is -2.44. The summed E-state index contributed by atoms with van der Waals surface area (Å²) in [6, 6.07) is 3.81. The first-order chi connectivity index (χ1) is 8.91. The van der Waals surface area contributed by atoms with Crippen LogP contribution < -0.4 is 0 Å². The van der Waals surface area contributed by atoms with E-state index in [1.807, 2.05) is 12.1 Å². The Morgan fingerprint density at radius 2 is 2.00 bits per heavy atom. The molecule has 0 unspecified atom stereocenters. The Morgan fingerprint density at radius 1 is 1.37 bits per heavy atom. The molecule has 0 amide bonds. The lowest BCUT2D eigenvalue weighted by atomic mass is 9.91. The minimum Gasteiger partial charge on any atom is -0.245 e. The van der Waals surface area contributed by atoms with E-state index in [0.717, 1.165) is 18.4 Å². The number of nitrogens with zero attached hydrogens (tertiary/aromatic N) is 3. The molecule has 0 bridgehead atoms. The Kier molecular flexibility index (Phi) is 4.45. The van der Waals surface area contributed by atoms with Gasteiger partial charge in [-0.1, -0.05) is 11.6 Å². The largest absolute Gasteiger partial charge is 0.281 e. The normalized spacial score (nSPS) is 18.9. The van der Waals surface area contributed by atoms with Crippen LogP contribution in [-0.4, -0.2) is 49.2 Å². The minimum absolute atomic E-state index is 0.356. The maximum absolute atomic E-state index is 12.0. The summed E-state index contributed by atoms with van der Waals surface area (Å²) in [6.07, 6.45) is 3.32. The van der Waals surface area contributed by atoms with Crippen molar-refractivity contribution >= 4 is 21.8 Å². The van der Waals surface area contributed by atoms with Crippen LogP contribution in [0.25, 0.3) is 0 Å². The molecule has 19 heavy (non-hydrogen) atoms. The zero-order chi connectivity index (χ0) is 14.0. The summed E-state index contributed by atoms with van der Waals surface area (Å²) in [4.78, 5) is 3.96. The van der Waals surface area contributed by atoms with E-state index in [1.54, 1.807) is 20.3 Å². The molecule has 2 heterocycles. The molecule has 1 aromatic rings. The first-order valence-electron chi connectivity index (χ1n) is 6.20. The van der Waals surface area contributed by atoms with Crippen LogP contribution in [0.3, 0.4) is 0 Å². The molecule has 1 aliphatic rings. The molecular formula is C12H18ClN3O2S. The van der Waals surface area contributed by atoms with E-state index < -0.39 is 10.2 Å². The van der Waals surface area contributed by atoms with Gasteiger partial charge in [-0.2, -0.15) is 17.0 Å². The van der Waals surface area contributed by atoms with Gasteiger partial charge in [0.25, 0.3) is 10.2 Å². The number of piperidine rings is 1. The predicted molar refractivity (Wildman–Crippen MR) is 75.4 cm³/mol. The second-order valence-corrected chi connectivity index (χ2v) is 7.40. The minimum atomic E-state index is -3.29. The fraction of sp³-hybridized carbons (Fsp3) is 0.583. The molecule has 1 aromatic heterocycles. The monoisotopic (exact) mass is 303 g/mol. The van der Waals surface area contributed by atoms with Crippen LogP contribution in [0.4, 0.5) is 0 Å². The molecule has 1 aliphatic heterocycles. The standard InChI is InChI=1S/C12H18ClN3O2S/c1-15(2)19(17,18)16-7-4-10(5-8-16)11-3-6-14-12(13)9-11/h3,6,9-10H,4-5,7-8H2,1-2H3. The SMILES string of the molecule is CN(C)S(=O)(=O)N1CCC(c2ccnc(Cl)c2)CC1. The topological polar surface area (TPSA) is 53.5 Å². The molecule has 0 aromatic carbocycles. The number of hydrogen-bond acceptors (Lipinski definition) is 3. The summed E-state index contributed by atoms with van der Waals surface area (Å²) >= 11 is 5.88. The third kappa shape index (κ3) is 3.25. The van der Waals surface area contributed by atoms with Crippen LogP contribution in [0.5, 0.6) is 0 Å². The molecule has 106 valence electrons. The van der Waals surface area contributed by atoms with Crippen molar-refractivity contribution in [3.8, 4) is 0 Å². The van der Waals surface area contributed by atoms with E-state index in [0.29, 0.717) is 24.2 Å². The molecule has 0 spiro atoms. The molecule has 0 aliphatic carbocycles. The van der Waals surface area contributed by atoms with Gasteiger partial charge in [0.15, 0.2) is 0 Å². The van der Waals surface area contributed by atoms with Crippen molar-refractivity contribution < 1.29 is 8.42 Å². The van der Waals surface area contributed by atoms with Crippen molar-refractivity contribution in [2.24, 2.45) is 0 Å². The average Bonchev–Trinajstić information content (AvgIpc) is 2.38. The van der Waals surface area contributed by atoms with Gasteiger partial charge < -0.3 is 0 Å². The van der Waals surface area contributed by atoms with Crippen LogP contribution in [-0.2, 0) is 10.2 Å². The van der Waals surface area contributed by atoms with Crippen LogP contribution in [0, 0.1) is 0 Å². The van der Waals surface area contributed by atoms with Crippen LogP contribution in [0.2, 0.25) is 5.15 Å². The van der Waals surface area contributed by atoms with E-state index in [2.05, 4.69) is 4.98 Å². The maximum atomic E-state index is 12.0. The van der Waals surface area contributed by atoms with Crippen LogP contribution >= 0.6 is 11.6 Å². The highest BCUT2D eigenvalue weighted by Gasteiger charge is 2.29. The number of pyridine rings is 1. The molecule has 0 radical (unpaired) electrons. The van der Waals surface area contributed by atoms with Crippen molar-refractivity contribution in [1.29, 1.82) is 0 Å². The first-order valence-corrected chi connectivity index (χ1v) is 7.98. The third-order valence-electron chi connectivity index (χ3n) is 3.46. The van der Waals surface area contributed by atoms with Gasteiger partial charge in [0.2, 0.25) is 0 Å². The Labute approximate surface area is 119 Å². The summed E-state index contributed by atoms with van der Waals surface area (Å²) in [5, 5.41) is 0.487. The van der Waals surface area contributed by atoms with Crippen molar-refractivity contribution in [3.63, 3.8) is 0 Å². The lowest BCUT2D eigenvalue weighted by molar-refractivity contribution is 0.302. The fourth-order valence-corrected chi connectivity index (χ4v) is 3.64. The van der Waals surface area contributed by atoms with E-state index >= 15 is 0 Å². The quantitative estimate of drug-likeness (QED) is 0.799. The summed E-state index contributed by atoms with van der Waals surface area (Å²) in [5.74, 6) is 0.356. The molecule has 0 saturated carbocycles.